The van der Waals surface area contributed by atoms with Crippen molar-refractivity contribution in [2.75, 3.05) is 5.32 Å². The second-order valence-corrected chi connectivity index (χ2v) is 5.77. The summed E-state index contributed by atoms with van der Waals surface area (Å²) in [6.07, 6.45) is 4.57. The van der Waals surface area contributed by atoms with Crippen LogP contribution in [0.2, 0.25) is 5.02 Å². The first-order valence-corrected chi connectivity index (χ1v) is 7.30. The Morgan fingerprint density at radius 3 is 3.04 bits per heavy atom. The van der Waals surface area contributed by atoms with E-state index >= 15 is 0 Å². The van der Waals surface area contributed by atoms with Crippen LogP contribution in [-0.4, -0.2) is 25.5 Å². The van der Waals surface area contributed by atoms with Crippen LogP contribution in [0.1, 0.15) is 12.1 Å². The number of hydrogen-bond acceptors (Lipinski definition) is 5. The summed E-state index contributed by atoms with van der Waals surface area (Å²) >= 11 is 5.81. The van der Waals surface area contributed by atoms with Crippen molar-refractivity contribution in [1.29, 1.82) is 0 Å². The molecule has 1 atom stereocenters. The van der Waals surface area contributed by atoms with Gasteiger partial charge in [0.25, 0.3) is 0 Å². The summed E-state index contributed by atoms with van der Waals surface area (Å²) in [6, 6.07) is 2.32. The number of carbonyl (C=O) groups excluding carboxylic acids is 1. The van der Waals surface area contributed by atoms with Gasteiger partial charge in [0.2, 0.25) is 11.7 Å². The zero-order valence-electron chi connectivity index (χ0n) is 11.9. The molecule has 0 unspecified atom stereocenters. The zero-order valence-corrected chi connectivity index (χ0v) is 12.7. The smallest absolute Gasteiger partial charge is 0.314 e. The lowest BCUT2D eigenvalue weighted by Gasteiger charge is -2.23. The molecule has 120 valence electrons. The first-order chi connectivity index (χ1) is 11.0. The number of phenolic OH excluding ortho intramolecular Hbond substituents is 1. The molecule has 3 rings (SSSR count). The van der Waals surface area contributed by atoms with E-state index in [0.717, 1.165) is 11.8 Å². The molecular weight excluding hydrogens is 324 g/mol. The number of nitrogens with one attached hydrogen (secondary N) is 1. The minimum atomic E-state index is -0.754. The maximum atomic E-state index is 12.4. The molecule has 9 heteroatoms. The Hall–Kier alpha value is -2.61. The third-order valence-electron chi connectivity index (χ3n) is 3.85. The predicted octanol–water partition coefficient (Wildman–Crippen LogP) is 2.35. The Morgan fingerprint density at radius 2 is 2.30 bits per heavy atom. The highest BCUT2D eigenvalue weighted by Crippen LogP contribution is 2.37. The average Bonchev–Trinajstić information content (AvgIpc) is 2.97. The number of halogens is 1. The lowest BCUT2D eigenvalue weighted by molar-refractivity contribution is -0.385. The molecule has 0 fully saturated rings. The summed E-state index contributed by atoms with van der Waals surface area (Å²) in [7, 11) is 0. The Balaban J connectivity index is 1.80. The number of fused-ring (bicyclic) bond motifs is 1. The minimum absolute atomic E-state index is 0.0616. The van der Waals surface area contributed by atoms with Gasteiger partial charge in [-0.1, -0.05) is 11.6 Å². The molecule has 1 amide bonds. The zero-order chi connectivity index (χ0) is 16.6. The van der Waals surface area contributed by atoms with E-state index in [-0.39, 0.29) is 22.5 Å². The summed E-state index contributed by atoms with van der Waals surface area (Å²) in [6.45, 7) is 0.676. The number of benzene rings is 1. The second kappa shape index (κ2) is 5.88. The molecule has 1 aromatic carbocycles. The maximum absolute atomic E-state index is 12.4. The van der Waals surface area contributed by atoms with Crippen molar-refractivity contribution >= 4 is 28.9 Å². The molecule has 0 spiro atoms. The maximum Gasteiger partial charge on any atom is 0.314 e. The summed E-state index contributed by atoms with van der Waals surface area (Å²) in [4.78, 5) is 26.5. The van der Waals surface area contributed by atoms with Gasteiger partial charge in [-0.3, -0.25) is 14.9 Å². The number of rotatable bonds is 3. The molecule has 0 radical (unpaired) electrons. The van der Waals surface area contributed by atoms with Crippen LogP contribution >= 0.6 is 11.6 Å². The third kappa shape index (κ3) is 2.98. The van der Waals surface area contributed by atoms with Gasteiger partial charge in [-0.15, -0.1) is 0 Å². The highest BCUT2D eigenvalue weighted by molar-refractivity contribution is 6.31. The molecule has 23 heavy (non-hydrogen) atoms. The normalized spacial score (nSPS) is 16.7. The third-order valence-corrected chi connectivity index (χ3v) is 4.07. The first kappa shape index (κ1) is 15.3. The number of aryl methyl sites for hydroxylation is 1. The number of imidazole rings is 1. The fraction of sp³-hybridized carbons (Fsp3) is 0.286. The summed E-state index contributed by atoms with van der Waals surface area (Å²) in [5.74, 6) is -1.21. The van der Waals surface area contributed by atoms with Gasteiger partial charge in [-0.2, -0.15) is 0 Å². The molecule has 2 heterocycles. The molecule has 8 nitrogen and oxygen atoms in total. The van der Waals surface area contributed by atoms with Crippen LogP contribution in [0, 0.1) is 16.0 Å². The van der Waals surface area contributed by atoms with E-state index < -0.39 is 16.4 Å². The fourth-order valence-electron chi connectivity index (χ4n) is 2.65. The quantitative estimate of drug-likeness (QED) is 0.508. The fourth-order valence-corrected chi connectivity index (χ4v) is 2.86. The monoisotopic (exact) mass is 336 g/mol. The van der Waals surface area contributed by atoms with Gasteiger partial charge < -0.3 is 15.0 Å². The molecule has 0 aliphatic carbocycles. The number of aromatic hydroxyl groups is 1. The minimum Gasteiger partial charge on any atom is -0.501 e. The highest BCUT2D eigenvalue weighted by Gasteiger charge is 2.27. The largest absolute Gasteiger partial charge is 0.501 e. The van der Waals surface area contributed by atoms with E-state index in [0.29, 0.717) is 19.4 Å². The van der Waals surface area contributed by atoms with Crippen molar-refractivity contribution in [2.24, 2.45) is 5.92 Å². The number of amides is 1. The van der Waals surface area contributed by atoms with E-state index in [1.807, 2.05) is 4.57 Å². The molecule has 0 bridgehead atoms. The SMILES string of the molecule is O=C(Nc1cc(Cl)cc([N+](=O)[O-])c1O)[C@@H]1CCn2cncc2C1. The van der Waals surface area contributed by atoms with Crippen molar-refractivity contribution in [3.63, 3.8) is 0 Å². The number of carbonyl (C=O) groups is 1. The molecule has 0 saturated carbocycles. The predicted molar refractivity (Wildman–Crippen MR) is 82.4 cm³/mol. The molecule has 2 aromatic rings. The van der Waals surface area contributed by atoms with Crippen LogP contribution in [0.3, 0.4) is 0 Å². The van der Waals surface area contributed by atoms with Crippen LogP contribution < -0.4 is 5.32 Å². The Morgan fingerprint density at radius 1 is 1.52 bits per heavy atom. The molecule has 1 aliphatic rings. The van der Waals surface area contributed by atoms with E-state index in [4.69, 9.17) is 11.6 Å². The van der Waals surface area contributed by atoms with Crippen molar-refractivity contribution in [2.45, 2.75) is 19.4 Å². The van der Waals surface area contributed by atoms with E-state index in [1.165, 1.54) is 6.07 Å². The number of nitrogens with zero attached hydrogens (tertiary/aromatic N) is 3. The van der Waals surface area contributed by atoms with Gasteiger partial charge in [0.15, 0.2) is 0 Å². The molecule has 1 aliphatic heterocycles. The van der Waals surface area contributed by atoms with Crippen LogP contribution in [-0.2, 0) is 17.8 Å². The van der Waals surface area contributed by atoms with Crippen LogP contribution in [0.25, 0.3) is 0 Å². The topological polar surface area (TPSA) is 110 Å². The number of anilines is 1. The summed E-state index contributed by atoms with van der Waals surface area (Å²) in [5, 5.41) is 23.4. The van der Waals surface area contributed by atoms with Crippen molar-refractivity contribution in [3.05, 3.63) is 45.5 Å². The number of hydrogen-bond donors (Lipinski definition) is 2. The molecule has 2 N–H and O–H groups in total. The Bertz CT molecular complexity index is 789. The van der Waals surface area contributed by atoms with E-state index in [9.17, 15) is 20.0 Å². The lowest BCUT2D eigenvalue weighted by Crippen LogP contribution is -2.30. The van der Waals surface area contributed by atoms with Crippen LogP contribution in [0.5, 0.6) is 5.75 Å². The molecular formula is C14H13ClN4O4. The second-order valence-electron chi connectivity index (χ2n) is 5.34. The van der Waals surface area contributed by atoms with Gasteiger partial charge in [0, 0.05) is 41.9 Å². The summed E-state index contributed by atoms with van der Waals surface area (Å²) < 4.78 is 1.98. The number of nitro groups is 1. The highest BCUT2D eigenvalue weighted by atomic mass is 35.5. The summed E-state index contributed by atoms with van der Waals surface area (Å²) in [5.41, 5.74) is 0.348. The first-order valence-electron chi connectivity index (χ1n) is 6.92. The van der Waals surface area contributed by atoms with E-state index in [2.05, 4.69) is 10.3 Å². The van der Waals surface area contributed by atoms with Gasteiger partial charge in [0.05, 0.1) is 16.9 Å². The molecule has 1 aromatic heterocycles. The number of aromatic nitrogens is 2. The van der Waals surface area contributed by atoms with Gasteiger partial charge in [-0.05, 0) is 12.5 Å². The van der Waals surface area contributed by atoms with Crippen molar-refractivity contribution in [3.8, 4) is 5.75 Å². The average molecular weight is 337 g/mol. The van der Waals surface area contributed by atoms with Gasteiger partial charge in [-0.25, -0.2) is 4.98 Å². The van der Waals surface area contributed by atoms with Crippen LogP contribution in [0.4, 0.5) is 11.4 Å². The standard InChI is InChI=1S/C14H13ClN4O4/c15-9-4-11(13(20)12(5-9)19(22)23)17-14(21)8-1-2-18-7-16-6-10(18)3-8/h4-8,20H,1-3H2,(H,17,21)/t8-/m1/s1. The van der Waals surface area contributed by atoms with Gasteiger partial charge in [0.1, 0.15) is 0 Å². The lowest BCUT2D eigenvalue weighted by atomic mass is 9.95. The number of nitro benzene ring substituents is 1. The van der Waals surface area contributed by atoms with Gasteiger partial charge >= 0.3 is 5.69 Å². The van der Waals surface area contributed by atoms with E-state index in [1.54, 1.807) is 12.5 Å². The Kier molecular flexibility index (Phi) is 3.91. The number of phenols is 1. The Labute approximate surface area is 135 Å². The van der Waals surface area contributed by atoms with Crippen molar-refractivity contribution in [1.82, 2.24) is 9.55 Å². The van der Waals surface area contributed by atoms with Crippen LogP contribution in [0.15, 0.2) is 24.7 Å². The molecule has 0 saturated heterocycles. The van der Waals surface area contributed by atoms with Crippen molar-refractivity contribution < 1.29 is 14.8 Å².